The van der Waals surface area contributed by atoms with E-state index in [1.807, 2.05) is 53.4 Å². The van der Waals surface area contributed by atoms with Crippen molar-refractivity contribution in [1.82, 2.24) is 19.8 Å². The number of nitrogens with one attached hydrogen (secondary N) is 1. The van der Waals surface area contributed by atoms with E-state index >= 15 is 0 Å². The summed E-state index contributed by atoms with van der Waals surface area (Å²) >= 11 is 0. The molecule has 0 unspecified atom stereocenters. The van der Waals surface area contributed by atoms with E-state index in [1.54, 1.807) is 31.4 Å². The number of carbonyl (C=O) groups is 2. The average molecular weight is 570 g/mol. The summed E-state index contributed by atoms with van der Waals surface area (Å²) < 4.78 is 13.4. The van der Waals surface area contributed by atoms with Crippen molar-refractivity contribution < 1.29 is 19.1 Å². The predicted molar refractivity (Wildman–Crippen MR) is 163 cm³/mol. The maximum atomic E-state index is 13.2. The van der Waals surface area contributed by atoms with Crippen LogP contribution in [0.15, 0.2) is 78.9 Å². The summed E-state index contributed by atoms with van der Waals surface area (Å²) in [4.78, 5) is 32.8. The number of carbonyl (C=O) groups excluding carboxylic acids is 2. The van der Waals surface area contributed by atoms with Gasteiger partial charge in [-0.2, -0.15) is 0 Å². The van der Waals surface area contributed by atoms with Crippen LogP contribution in [-0.2, 0) is 16.1 Å². The minimum Gasteiger partial charge on any atom is -0.457 e. The van der Waals surface area contributed by atoms with Crippen molar-refractivity contribution in [2.45, 2.75) is 44.2 Å². The summed E-state index contributed by atoms with van der Waals surface area (Å²) in [6.07, 6.45) is 2.95. The first-order valence-corrected chi connectivity index (χ1v) is 14.6. The van der Waals surface area contributed by atoms with Gasteiger partial charge in [-0.15, -0.1) is 0 Å². The lowest BCUT2D eigenvalue weighted by Crippen LogP contribution is -2.45. The second-order valence-corrected chi connectivity index (χ2v) is 10.7. The Morgan fingerprint density at radius 3 is 2.55 bits per heavy atom. The smallest absolute Gasteiger partial charge is 0.251 e. The van der Waals surface area contributed by atoms with Crippen molar-refractivity contribution in [2.75, 3.05) is 33.4 Å². The summed E-state index contributed by atoms with van der Waals surface area (Å²) in [5, 5.41) is 2.86. The van der Waals surface area contributed by atoms with Crippen LogP contribution in [-0.4, -0.2) is 65.7 Å². The molecule has 2 amide bonds. The van der Waals surface area contributed by atoms with Crippen molar-refractivity contribution in [1.29, 1.82) is 0 Å². The van der Waals surface area contributed by atoms with Gasteiger partial charge in [0.25, 0.3) is 5.91 Å². The summed E-state index contributed by atoms with van der Waals surface area (Å²) in [5.74, 6) is 2.32. The SMILES string of the molecule is COCCCn1c([C@@H]2CCCN(C(=O)C[C@H](N)CNC(=O)c3ccc(Oc4ccccc4)cc3)C2)nc2ccccc21. The van der Waals surface area contributed by atoms with Gasteiger partial charge < -0.3 is 30.0 Å². The van der Waals surface area contributed by atoms with Gasteiger partial charge in [0.2, 0.25) is 5.91 Å². The molecule has 9 heteroatoms. The van der Waals surface area contributed by atoms with Gasteiger partial charge in [0.15, 0.2) is 0 Å². The van der Waals surface area contributed by atoms with Crippen LogP contribution in [0.1, 0.15) is 47.8 Å². The van der Waals surface area contributed by atoms with Gasteiger partial charge in [0.1, 0.15) is 17.3 Å². The van der Waals surface area contributed by atoms with Crippen LogP contribution in [0.25, 0.3) is 11.0 Å². The first-order valence-electron chi connectivity index (χ1n) is 14.6. The molecule has 3 aromatic carbocycles. The number of hydrogen-bond acceptors (Lipinski definition) is 6. The molecule has 1 aliphatic rings. The van der Waals surface area contributed by atoms with Crippen LogP contribution < -0.4 is 15.8 Å². The highest BCUT2D eigenvalue weighted by molar-refractivity contribution is 5.94. The number of aromatic nitrogens is 2. The fraction of sp³-hybridized carbons (Fsp3) is 0.364. The number of piperidine rings is 1. The molecule has 9 nitrogen and oxygen atoms in total. The largest absolute Gasteiger partial charge is 0.457 e. The molecule has 0 radical (unpaired) electrons. The van der Waals surface area contributed by atoms with E-state index in [4.69, 9.17) is 20.2 Å². The van der Waals surface area contributed by atoms with Gasteiger partial charge in [0, 0.05) is 63.8 Å². The minimum absolute atomic E-state index is 0.00547. The van der Waals surface area contributed by atoms with Crippen LogP contribution in [0.5, 0.6) is 11.5 Å². The highest BCUT2D eigenvalue weighted by Crippen LogP contribution is 2.30. The van der Waals surface area contributed by atoms with Gasteiger partial charge in [0.05, 0.1) is 11.0 Å². The molecule has 0 spiro atoms. The van der Waals surface area contributed by atoms with Gasteiger partial charge in [-0.1, -0.05) is 30.3 Å². The number of para-hydroxylation sites is 3. The Kier molecular flexibility index (Phi) is 9.84. The maximum absolute atomic E-state index is 13.2. The zero-order valence-electron chi connectivity index (χ0n) is 24.1. The molecular weight excluding hydrogens is 530 g/mol. The maximum Gasteiger partial charge on any atom is 0.251 e. The lowest BCUT2D eigenvalue weighted by molar-refractivity contribution is -0.132. The number of ether oxygens (including phenoxy) is 2. The van der Waals surface area contributed by atoms with E-state index in [2.05, 4.69) is 16.0 Å². The number of aryl methyl sites for hydroxylation is 1. The summed E-state index contributed by atoms with van der Waals surface area (Å²) in [6, 6.07) is 24.1. The number of amides is 2. The highest BCUT2D eigenvalue weighted by Gasteiger charge is 2.29. The molecule has 0 bridgehead atoms. The average Bonchev–Trinajstić information content (AvgIpc) is 3.39. The number of fused-ring (bicyclic) bond motifs is 1. The van der Waals surface area contributed by atoms with E-state index < -0.39 is 6.04 Å². The van der Waals surface area contributed by atoms with Crippen LogP contribution in [0.2, 0.25) is 0 Å². The lowest BCUT2D eigenvalue weighted by Gasteiger charge is -2.33. The fourth-order valence-electron chi connectivity index (χ4n) is 5.47. The molecule has 0 aliphatic carbocycles. The van der Waals surface area contributed by atoms with Gasteiger partial charge >= 0.3 is 0 Å². The van der Waals surface area contributed by atoms with E-state index in [0.29, 0.717) is 31.0 Å². The first kappa shape index (κ1) is 29.3. The number of methoxy groups -OCH3 is 1. The third-order valence-electron chi connectivity index (χ3n) is 7.61. The van der Waals surface area contributed by atoms with Crippen molar-refractivity contribution in [3.05, 3.63) is 90.3 Å². The number of hydrogen-bond donors (Lipinski definition) is 2. The van der Waals surface area contributed by atoms with Crippen LogP contribution in [0, 0.1) is 0 Å². The molecule has 220 valence electrons. The Bertz CT molecular complexity index is 1470. The standard InChI is InChI=1S/C33H39N5O4/c1-41-20-8-19-38-30-13-6-5-12-29(30)36-32(38)25-9-7-18-37(23-25)31(39)21-26(34)22-35-33(40)24-14-16-28(17-15-24)42-27-10-3-2-4-11-27/h2-6,10-17,25-26H,7-9,18-23,34H2,1H3,(H,35,40)/t25-,26+/m1/s1. The Morgan fingerprint density at radius 2 is 1.76 bits per heavy atom. The molecule has 1 saturated heterocycles. The molecule has 3 N–H and O–H groups in total. The van der Waals surface area contributed by atoms with E-state index in [9.17, 15) is 9.59 Å². The molecule has 2 heterocycles. The Morgan fingerprint density at radius 1 is 1.02 bits per heavy atom. The monoisotopic (exact) mass is 569 g/mol. The van der Waals surface area contributed by atoms with Gasteiger partial charge in [-0.05, 0) is 67.8 Å². The molecule has 42 heavy (non-hydrogen) atoms. The molecule has 1 aromatic heterocycles. The predicted octanol–water partition coefficient (Wildman–Crippen LogP) is 4.72. The Balaban J connectivity index is 1.13. The number of rotatable bonds is 12. The number of likely N-dealkylation sites (tertiary alicyclic amines) is 1. The van der Waals surface area contributed by atoms with Crippen molar-refractivity contribution in [3.8, 4) is 11.5 Å². The highest BCUT2D eigenvalue weighted by atomic mass is 16.5. The zero-order valence-corrected chi connectivity index (χ0v) is 24.1. The third-order valence-corrected chi connectivity index (χ3v) is 7.61. The van der Waals surface area contributed by atoms with E-state index in [-0.39, 0.29) is 30.7 Å². The second kappa shape index (κ2) is 14.1. The third kappa shape index (κ3) is 7.35. The van der Waals surface area contributed by atoms with E-state index in [0.717, 1.165) is 48.4 Å². The minimum atomic E-state index is -0.485. The van der Waals surface area contributed by atoms with E-state index in [1.165, 1.54) is 0 Å². The van der Waals surface area contributed by atoms with Crippen LogP contribution in [0.3, 0.4) is 0 Å². The summed E-state index contributed by atoms with van der Waals surface area (Å²) in [5.41, 5.74) is 8.89. The zero-order chi connectivity index (χ0) is 29.3. The van der Waals surface area contributed by atoms with Crippen LogP contribution >= 0.6 is 0 Å². The summed E-state index contributed by atoms with van der Waals surface area (Å²) in [6.45, 7) is 3.03. The molecule has 5 rings (SSSR count). The lowest BCUT2D eigenvalue weighted by atomic mass is 9.96. The molecule has 0 saturated carbocycles. The molecular formula is C33H39N5O4. The molecule has 1 fully saturated rings. The Hall–Kier alpha value is -4.21. The van der Waals surface area contributed by atoms with Gasteiger partial charge in [-0.25, -0.2) is 4.98 Å². The molecule has 1 aliphatic heterocycles. The normalized spacial score (nSPS) is 15.9. The van der Waals surface area contributed by atoms with Gasteiger partial charge in [-0.3, -0.25) is 9.59 Å². The van der Waals surface area contributed by atoms with Crippen LogP contribution in [0.4, 0.5) is 0 Å². The number of benzene rings is 3. The number of nitrogens with zero attached hydrogens (tertiary/aromatic N) is 3. The fourth-order valence-corrected chi connectivity index (χ4v) is 5.47. The number of imidazole rings is 1. The Labute approximate surface area is 246 Å². The summed E-state index contributed by atoms with van der Waals surface area (Å²) in [7, 11) is 1.72. The quantitative estimate of drug-likeness (QED) is 0.239. The topological polar surface area (TPSA) is 112 Å². The first-order chi connectivity index (χ1) is 20.5. The number of nitrogens with two attached hydrogens (primary N) is 1. The van der Waals surface area contributed by atoms with Crippen molar-refractivity contribution >= 4 is 22.8 Å². The van der Waals surface area contributed by atoms with Crippen molar-refractivity contribution in [2.24, 2.45) is 5.73 Å². The molecule has 2 atom stereocenters. The van der Waals surface area contributed by atoms with Crippen molar-refractivity contribution in [3.63, 3.8) is 0 Å². The second-order valence-electron chi connectivity index (χ2n) is 10.7. The molecule has 4 aromatic rings.